The van der Waals surface area contributed by atoms with Gasteiger partial charge in [-0.15, -0.1) is 0 Å². The topological polar surface area (TPSA) is 69.8 Å². The number of rotatable bonds is 3. The second kappa shape index (κ2) is 5.28. The molecule has 1 aliphatic rings. The van der Waals surface area contributed by atoms with Crippen LogP contribution >= 0.6 is 0 Å². The van der Waals surface area contributed by atoms with E-state index < -0.39 is 11.8 Å². The molecule has 0 radical (unpaired) electrons. The molecule has 2 rings (SSSR count). The maximum Gasteiger partial charge on any atom is 0.338 e. The van der Waals surface area contributed by atoms with Crippen LogP contribution in [0, 0.1) is 11.7 Å². The van der Waals surface area contributed by atoms with Crippen LogP contribution in [0.15, 0.2) is 12.1 Å². The summed E-state index contributed by atoms with van der Waals surface area (Å²) in [6.07, 6.45) is 0. The lowest BCUT2D eigenvalue weighted by Crippen LogP contribution is -2.34. The maximum atomic E-state index is 13.8. The van der Waals surface area contributed by atoms with Crippen LogP contribution in [-0.4, -0.2) is 49.2 Å². The number of hydrogen-bond donors (Lipinski definition) is 2. The Bertz CT molecular complexity index is 533. The predicted molar refractivity (Wildman–Crippen MR) is 76.6 cm³/mol. The molecular formula is C14H20FN3O2. The average molecular weight is 281 g/mol. The van der Waals surface area contributed by atoms with Crippen molar-refractivity contribution in [2.45, 2.75) is 13.0 Å². The van der Waals surface area contributed by atoms with Crippen LogP contribution in [0.1, 0.15) is 17.3 Å². The lowest BCUT2D eigenvalue weighted by molar-refractivity contribution is 0.0692. The van der Waals surface area contributed by atoms with Crippen molar-refractivity contribution in [3.63, 3.8) is 0 Å². The molecule has 2 atom stereocenters. The Balaban J connectivity index is 2.31. The monoisotopic (exact) mass is 281 g/mol. The Morgan fingerprint density at radius 2 is 2.10 bits per heavy atom. The van der Waals surface area contributed by atoms with Gasteiger partial charge in [0.05, 0.1) is 16.9 Å². The molecule has 2 unspecified atom stereocenters. The number of likely N-dealkylation sites (N-methyl/N-ethyl adjacent to an activating group) is 1. The molecular weight excluding hydrogens is 261 g/mol. The van der Waals surface area contributed by atoms with Crippen LogP contribution in [0.3, 0.4) is 0 Å². The summed E-state index contributed by atoms with van der Waals surface area (Å²) in [7, 11) is 4.03. The van der Waals surface area contributed by atoms with Gasteiger partial charge in [0.15, 0.2) is 0 Å². The zero-order chi connectivity index (χ0) is 15.0. The smallest absolute Gasteiger partial charge is 0.338 e. The molecule has 1 heterocycles. The van der Waals surface area contributed by atoms with Crippen molar-refractivity contribution >= 4 is 17.3 Å². The number of carbonyl (C=O) groups is 1. The highest BCUT2D eigenvalue weighted by Gasteiger charge is 2.32. The lowest BCUT2D eigenvalue weighted by atomic mass is 10.1. The molecule has 5 nitrogen and oxygen atoms in total. The van der Waals surface area contributed by atoms with E-state index in [1.165, 1.54) is 12.1 Å². The first-order chi connectivity index (χ1) is 9.31. The third-order valence-corrected chi connectivity index (χ3v) is 3.92. The van der Waals surface area contributed by atoms with Crippen molar-refractivity contribution in [2.24, 2.45) is 5.92 Å². The number of nitrogens with two attached hydrogens (primary N) is 1. The SMILES string of the molecule is CC1CN(c2cc(F)c(C(=O)O)cc2N)CC1N(C)C. The van der Waals surface area contributed by atoms with Gasteiger partial charge in [0.25, 0.3) is 0 Å². The standard InChI is InChI=1S/C14H20FN3O2/c1-8-6-18(7-13(8)17(2)3)12-5-10(15)9(14(19)20)4-11(12)16/h4-5,8,13H,6-7,16H2,1-3H3,(H,19,20). The molecule has 1 aromatic carbocycles. The van der Waals surface area contributed by atoms with Gasteiger partial charge in [0.1, 0.15) is 5.82 Å². The van der Waals surface area contributed by atoms with E-state index in [-0.39, 0.29) is 5.56 Å². The Kier molecular flexibility index (Phi) is 3.85. The van der Waals surface area contributed by atoms with E-state index in [4.69, 9.17) is 10.8 Å². The number of aromatic carboxylic acids is 1. The van der Waals surface area contributed by atoms with Crippen LogP contribution in [0.4, 0.5) is 15.8 Å². The number of halogens is 1. The molecule has 0 aromatic heterocycles. The van der Waals surface area contributed by atoms with Gasteiger partial charge in [0, 0.05) is 25.2 Å². The highest BCUT2D eigenvalue weighted by Crippen LogP contribution is 2.32. The molecule has 0 amide bonds. The normalized spacial score (nSPS) is 22.6. The predicted octanol–water partition coefficient (Wildman–Crippen LogP) is 1.49. The molecule has 0 aliphatic carbocycles. The number of hydrogen-bond acceptors (Lipinski definition) is 4. The Hall–Kier alpha value is -1.82. The molecule has 110 valence electrons. The molecule has 20 heavy (non-hydrogen) atoms. The quantitative estimate of drug-likeness (QED) is 0.822. The number of anilines is 2. The van der Waals surface area contributed by atoms with Crippen molar-refractivity contribution in [3.05, 3.63) is 23.5 Å². The Morgan fingerprint density at radius 1 is 1.45 bits per heavy atom. The van der Waals surface area contributed by atoms with E-state index in [1.54, 1.807) is 0 Å². The second-order valence-corrected chi connectivity index (χ2v) is 5.61. The van der Waals surface area contributed by atoms with Crippen LogP contribution < -0.4 is 10.6 Å². The third kappa shape index (κ3) is 2.56. The van der Waals surface area contributed by atoms with E-state index in [1.807, 2.05) is 19.0 Å². The van der Waals surface area contributed by atoms with Crippen LogP contribution in [0.2, 0.25) is 0 Å². The fourth-order valence-electron chi connectivity index (χ4n) is 2.84. The summed E-state index contributed by atoms with van der Waals surface area (Å²) < 4.78 is 13.8. The highest BCUT2D eigenvalue weighted by molar-refractivity contribution is 5.91. The van der Waals surface area contributed by atoms with Crippen LogP contribution in [0.5, 0.6) is 0 Å². The summed E-state index contributed by atoms with van der Waals surface area (Å²) in [5.41, 5.74) is 6.38. The molecule has 1 aliphatic heterocycles. The van der Waals surface area contributed by atoms with Gasteiger partial charge in [-0.3, -0.25) is 0 Å². The first-order valence-electron chi connectivity index (χ1n) is 6.55. The number of benzene rings is 1. The molecule has 0 spiro atoms. The minimum Gasteiger partial charge on any atom is -0.478 e. The van der Waals surface area contributed by atoms with E-state index in [9.17, 15) is 9.18 Å². The molecule has 0 saturated carbocycles. The Morgan fingerprint density at radius 3 is 2.60 bits per heavy atom. The maximum absolute atomic E-state index is 13.8. The molecule has 1 aromatic rings. The van der Waals surface area contributed by atoms with E-state index in [2.05, 4.69) is 11.8 Å². The highest BCUT2D eigenvalue weighted by atomic mass is 19.1. The zero-order valence-electron chi connectivity index (χ0n) is 11.9. The fourth-order valence-corrected chi connectivity index (χ4v) is 2.84. The van der Waals surface area contributed by atoms with Crippen molar-refractivity contribution in [3.8, 4) is 0 Å². The zero-order valence-corrected chi connectivity index (χ0v) is 11.9. The molecule has 3 N–H and O–H groups in total. The van der Waals surface area contributed by atoms with Crippen molar-refractivity contribution in [1.29, 1.82) is 0 Å². The minimum atomic E-state index is -1.30. The van der Waals surface area contributed by atoms with E-state index in [0.29, 0.717) is 23.3 Å². The summed E-state index contributed by atoms with van der Waals surface area (Å²) >= 11 is 0. The van der Waals surface area contributed by atoms with Gasteiger partial charge in [-0.25, -0.2) is 9.18 Å². The minimum absolute atomic E-state index is 0.301. The summed E-state index contributed by atoms with van der Waals surface area (Å²) in [5, 5.41) is 8.89. The van der Waals surface area contributed by atoms with Crippen LogP contribution in [0.25, 0.3) is 0 Å². The second-order valence-electron chi connectivity index (χ2n) is 5.61. The van der Waals surface area contributed by atoms with Gasteiger partial charge in [-0.05, 0) is 26.1 Å². The lowest BCUT2D eigenvalue weighted by Gasteiger charge is -2.23. The average Bonchev–Trinajstić information content (AvgIpc) is 2.73. The van der Waals surface area contributed by atoms with Crippen molar-refractivity contribution in [1.82, 2.24) is 4.90 Å². The first kappa shape index (κ1) is 14.6. The van der Waals surface area contributed by atoms with Gasteiger partial charge in [-0.2, -0.15) is 0 Å². The Labute approximate surface area is 117 Å². The number of carboxylic acid groups (broad SMARTS) is 1. The van der Waals surface area contributed by atoms with Gasteiger partial charge in [-0.1, -0.05) is 6.92 Å². The summed E-state index contributed by atoms with van der Waals surface area (Å²) in [6, 6.07) is 2.79. The number of carboxylic acids is 1. The molecule has 0 bridgehead atoms. The van der Waals surface area contributed by atoms with Crippen LogP contribution in [-0.2, 0) is 0 Å². The molecule has 1 fully saturated rings. The summed E-state index contributed by atoms with van der Waals surface area (Å²) in [4.78, 5) is 15.0. The van der Waals surface area contributed by atoms with E-state index in [0.717, 1.165) is 13.1 Å². The van der Waals surface area contributed by atoms with Crippen molar-refractivity contribution in [2.75, 3.05) is 37.8 Å². The molecule has 6 heteroatoms. The van der Waals surface area contributed by atoms with E-state index >= 15 is 0 Å². The fraction of sp³-hybridized carbons (Fsp3) is 0.500. The molecule has 1 saturated heterocycles. The number of nitrogen functional groups attached to an aromatic ring is 1. The first-order valence-corrected chi connectivity index (χ1v) is 6.55. The van der Waals surface area contributed by atoms with Gasteiger partial charge >= 0.3 is 5.97 Å². The van der Waals surface area contributed by atoms with Gasteiger partial charge in [0.2, 0.25) is 0 Å². The third-order valence-electron chi connectivity index (χ3n) is 3.92. The summed E-state index contributed by atoms with van der Waals surface area (Å²) in [5.74, 6) is -1.61. The largest absolute Gasteiger partial charge is 0.478 e. The number of nitrogens with zero attached hydrogens (tertiary/aromatic N) is 2. The van der Waals surface area contributed by atoms with Crippen molar-refractivity contribution < 1.29 is 14.3 Å². The summed E-state index contributed by atoms with van der Waals surface area (Å²) in [6.45, 7) is 3.67. The van der Waals surface area contributed by atoms with Gasteiger partial charge < -0.3 is 20.6 Å².